The Kier molecular flexibility index (Phi) is 6.78. The summed E-state index contributed by atoms with van der Waals surface area (Å²) in [6.45, 7) is 5.56. The predicted molar refractivity (Wildman–Crippen MR) is 117 cm³/mol. The van der Waals surface area contributed by atoms with Crippen LogP contribution in [0.2, 0.25) is 5.02 Å². The molecule has 8 nitrogen and oxygen atoms in total. The quantitative estimate of drug-likeness (QED) is 0.499. The fourth-order valence-corrected chi connectivity index (χ4v) is 5.09. The van der Waals surface area contributed by atoms with Crippen molar-refractivity contribution in [3.63, 3.8) is 0 Å². The second-order valence-electron chi connectivity index (χ2n) is 6.78. The maximum Gasteiger partial charge on any atom is 0.338 e. The Bertz CT molecular complexity index is 1300. The molecule has 0 aliphatic heterocycles. The van der Waals surface area contributed by atoms with Gasteiger partial charge in [0.15, 0.2) is 0 Å². The molecule has 0 aliphatic carbocycles. The fourth-order valence-electron chi connectivity index (χ4n) is 3.14. The number of ether oxygens (including phenoxy) is 1. The lowest BCUT2D eigenvalue weighted by atomic mass is 10.2. The van der Waals surface area contributed by atoms with E-state index in [9.17, 15) is 18.0 Å². The first-order chi connectivity index (χ1) is 14.7. The number of carbonyl (C=O) groups is 1. The van der Waals surface area contributed by atoms with Crippen LogP contribution in [-0.4, -0.2) is 41.2 Å². The van der Waals surface area contributed by atoms with Crippen molar-refractivity contribution in [2.75, 3.05) is 13.1 Å². The van der Waals surface area contributed by atoms with E-state index in [2.05, 4.69) is 4.98 Å². The summed E-state index contributed by atoms with van der Waals surface area (Å²) in [5.74, 6) is -0.751. The molecule has 0 spiro atoms. The van der Waals surface area contributed by atoms with Gasteiger partial charge < -0.3 is 4.74 Å². The van der Waals surface area contributed by atoms with E-state index in [0.29, 0.717) is 5.65 Å². The van der Waals surface area contributed by atoms with Crippen LogP contribution in [0.5, 0.6) is 0 Å². The van der Waals surface area contributed by atoms with Gasteiger partial charge in [-0.2, -0.15) is 4.31 Å². The van der Waals surface area contributed by atoms with Gasteiger partial charge in [-0.1, -0.05) is 31.5 Å². The standard InChI is InChI=1S/C21H22ClN3O5S/c1-4-24(5-2)31(28,29)18-11-15(8-9-17(18)22)21(27)30-13-16-12-19(26)25-10-6-7-14(3)20(25)23-16/h6-12H,4-5,13H2,1-3H3. The molecule has 0 saturated carbocycles. The molecule has 0 bridgehead atoms. The third-order valence-corrected chi connectivity index (χ3v) is 7.31. The number of sulfonamides is 1. The summed E-state index contributed by atoms with van der Waals surface area (Å²) in [7, 11) is -3.85. The zero-order valence-electron chi connectivity index (χ0n) is 17.3. The first-order valence-corrected chi connectivity index (χ1v) is 11.5. The lowest BCUT2D eigenvalue weighted by molar-refractivity contribution is 0.0467. The summed E-state index contributed by atoms with van der Waals surface area (Å²) < 4.78 is 33.5. The van der Waals surface area contributed by atoms with Gasteiger partial charge in [0.25, 0.3) is 5.56 Å². The van der Waals surface area contributed by atoms with Crippen LogP contribution in [0.1, 0.15) is 35.5 Å². The highest BCUT2D eigenvalue weighted by Crippen LogP contribution is 2.26. The molecule has 0 saturated heterocycles. The average molecular weight is 464 g/mol. The Hall–Kier alpha value is -2.75. The van der Waals surface area contributed by atoms with E-state index in [1.165, 1.54) is 33.0 Å². The number of aromatic nitrogens is 2. The number of esters is 1. The van der Waals surface area contributed by atoms with Gasteiger partial charge in [0, 0.05) is 25.4 Å². The molecule has 31 heavy (non-hydrogen) atoms. The summed E-state index contributed by atoms with van der Waals surface area (Å²) in [6.07, 6.45) is 1.61. The number of hydrogen-bond acceptors (Lipinski definition) is 6. The van der Waals surface area contributed by atoms with Crippen molar-refractivity contribution in [2.24, 2.45) is 0 Å². The Balaban J connectivity index is 1.86. The van der Waals surface area contributed by atoms with Gasteiger partial charge in [-0.3, -0.25) is 9.20 Å². The van der Waals surface area contributed by atoms with Crippen molar-refractivity contribution >= 4 is 33.2 Å². The van der Waals surface area contributed by atoms with Gasteiger partial charge in [-0.25, -0.2) is 18.2 Å². The minimum absolute atomic E-state index is 0.0168. The van der Waals surface area contributed by atoms with Gasteiger partial charge >= 0.3 is 5.97 Å². The van der Waals surface area contributed by atoms with E-state index >= 15 is 0 Å². The monoisotopic (exact) mass is 463 g/mol. The lowest BCUT2D eigenvalue weighted by Crippen LogP contribution is -2.31. The third-order valence-electron chi connectivity index (χ3n) is 4.78. The minimum Gasteiger partial charge on any atom is -0.456 e. The maximum atomic E-state index is 12.8. The van der Waals surface area contributed by atoms with Crippen molar-refractivity contribution in [1.82, 2.24) is 13.7 Å². The van der Waals surface area contributed by atoms with Crippen LogP contribution in [0.15, 0.2) is 52.3 Å². The van der Waals surface area contributed by atoms with Gasteiger partial charge in [-0.15, -0.1) is 0 Å². The van der Waals surface area contributed by atoms with Crippen molar-refractivity contribution in [3.8, 4) is 0 Å². The number of hydrogen-bond donors (Lipinski definition) is 0. The third kappa shape index (κ3) is 4.63. The lowest BCUT2D eigenvalue weighted by Gasteiger charge is -2.19. The van der Waals surface area contributed by atoms with Gasteiger partial charge in [-0.05, 0) is 36.8 Å². The maximum absolute atomic E-state index is 12.8. The van der Waals surface area contributed by atoms with Crippen molar-refractivity contribution in [2.45, 2.75) is 32.3 Å². The normalized spacial score (nSPS) is 11.8. The molecular weight excluding hydrogens is 442 g/mol. The molecule has 0 amide bonds. The van der Waals surface area contributed by atoms with Gasteiger partial charge in [0.2, 0.25) is 10.0 Å². The predicted octanol–water partition coefficient (Wildman–Crippen LogP) is 3.04. The summed E-state index contributed by atoms with van der Waals surface area (Å²) in [5.41, 5.74) is 1.30. The van der Waals surface area contributed by atoms with Crippen molar-refractivity contribution in [3.05, 3.63) is 74.8 Å². The summed E-state index contributed by atoms with van der Waals surface area (Å²) in [5, 5.41) is 0.0168. The smallest absolute Gasteiger partial charge is 0.338 e. The van der Waals surface area contributed by atoms with Crippen LogP contribution < -0.4 is 5.56 Å². The Morgan fingerprint density at radius 2 is 1.90 bits per heavy atom. The number of carbonyl (C=O) groups excluding carboxylic acids is 1. The highest BCUT2D eigenvalue weighted by molar-refractivity contribution is 7.89. The number of halogens is 1. The molecule has 164 valence electrons. The molecule has 0 radical (unpaired) electrons. The van der Waals surface area contributed by atoms with Crippen LogP contribution in [0, 0.1) is 6.92 Å². The SMILES string of the molecule is CCN(CC)S(=O)(=O)c1cc(C(=O)OCc2cc(=O)n3cccc(C)c3n2)ccc1Cl. The molecular formula is C21H22ClN3O5S. The molecule has 0 atom stereocenters. The van der Waals surface area contributed by atoms with E-state index in [1.54, 1.807) is 26.1 Å². The average Bonchev–Trinajstić information content (AvgIpc) is 2.73. The van der Waals surface area contributed by atoms with Gasteiger partial charge in [0.1, 0.15) is 17.1 Å². The summed E-state index contributed by atoms with van der Waals surface area (Å²) in [4.78, 5) is 29.0. The second-order valence-corrected chi connectivity index (χ2v) is 9.09. The number of nitrogens with zero attached hydrogens (tertiary/aromatic N) is 3. The number of fused-ring (bicyclic) bond motifs is 1. The minimum atomic E-state index is -3.85. The highest BCUT2D eigenvalue weighted by atomic mass is 35.5. The summed E-state index contributed by atoms with van der Waals surface area (Å²) >= 11 is 6.10. The summed E-state index contributed by atoms with van der Waals surface area (Å²) in [6, 6.07) is 8.79. The Morgan fingerprint density at radius 1 is 1.19 bits per heavy atom. The molecule has 0 unspecified atom stereocenters. The van der Waals surface area contributed by atoms with Crippen LogP contribution in [-0.2, 0) is 21.4 Å². The van der Waals surface area contributed by atoms with E-state index in [-0.39, 0.29) is 46.4 Å². The number of benzene rings is 1. The topological polar surface area (TPSA) is 98.0 Å². The van der Waals surface area contributed by atoms with Crippen LogP contribution in [0.4, 0.5) is 0 Å². The Labute approximate surface area is 185 Å². The van der Waals surface area contributed by atoms with E-state index in [4.69, 9.17) is 16.3 Å². The molecule has 0 fully saturated rings. The zero-order chi connectivity index (χ0) is 22.8. The van der Waals surface area contributed by atoms with E-state index in [1.807, 2.05) is 13.0 Å². The number of pyridine rings is 1. The highest BCUT2D eigenvalue weighted by Gasteiger charge is 2.26. The molecule has 1 aromatic carbocycles. The molecule has 0 N–H and O–H groups in total. The Morgan fingerprint density at radius 3 is 2.58 bits per heavy atom. The second kappa shape index (κ2) is 9.17. The largest absolute Gasteiger partial charge is 0.456 e. The van der Waals surface area contributed by atoms with Crippen LogP contribution >= 0.6 is 11.6 Å². The molecule has 0 aliphatic rings. The van der Waals surface area contributed by atoms with Crippen molar-refractivity contribution in [1.29, 1.82) is 0 Å². The van der Waals surface area contributed by atoms with Crippen LogP contribution in [0.3, 0.4) is 0 Å². The fraction of sp³-hybridized carbons (Fsp3) is 0.286. The number of rotatable bonds is 7. The molecule has 10 heteroatoms. The van der Waals surface area contributed by atoms with E-state index in [0.717, 1.165) is 5.56 Å². The van der Waals surface area contributed by atoms with Crippen LogP contribution in [0.25, 0.3) is 5.65 Å². The number of aryl methyl sites for hydroxylation is 1. The zero-order valence-corrected chi connectivity index (χ0v) is 18.9. The first kappa shape index (κ1) is 22.9. The molecule has 3 aromatic rings. The van der Waals surface area contributed by atoms with Gasteiger partial charge in [0.05, 0.1) is 16.3 Å². The molecule has 2 aromatic heterocycles. The van der Waals surface area contributed by atoms with Crippen molar-refractivity contribution < 1.29 is 17.9 Å². The van der Waals surface area contributed by atoms with E-state index < -0.39 is 16.0 Å². The first-order valence-electron chi connectivity index (χ1n) is 9.63. The molecule has 2 heterocycles. The molecule has 3 rings (SSSR count).